The van der Waals surface area contributed by atoms with Crippen LogP contribution < -0.4 is 5.32 Å². The third-order valence-corrected chi connectivity index (χ3v) is 5.97. The predicted molar refractivity (Wildman–Crippen MR) is 106 cm³/mol. The SMILES string of the molecule is CS(=O)(=O)c1cccc(C(=O)NCc2ccc(CN3CCCCC3)cc2)c1. The molecule has 0 saturated carbocycles. The van der Waals surface area contributed by atoms with Crippen LogP contribution in [0.4, 0.5) is 0 Å². The minimum atomic E-state index is -3.33. The van der Waals surface area contributed by atoms with Crippen molar-refractivity contribution in [3.63, 3.8) is 0 Å². The summed E-state index contributed by atoms with van der Waals surface area (Å²) in [5, 5.41) is 2.85. The Bertz CT molecular complexity index is 886. The Labute approximate surface area is 161 Å². The van der Waals surface area contributed by atoms with Gasteiger partial charge in [-0.3, -0.25) is 9.69 Å². The number of likely N-dealkylation sites (tertiary alicyclic amines) is 1. The molecule has 0 unspecified atom stereocenters. The first-order valence-electron chi connectivity index (χ1n) is 9.30. The van der Waals surface area contributed by atoms with Crippen LogP contribution in [0.5, 0.6) is 0 Å². The van der Waals surface area contributed by atoms with E-state index < -0.39 is 9.84 Å². The van der Waals surface area contributed by atoms with E-state index >= 15 is 0 Å². The van der Waals surface area contributed by atoms with E-state index in [9.17, 15) is 13.2 Å². The maximum absolute atomic E-state index is 12.3. The molecule has 0 radical (unpaired) electrons. The summed E-state index contributed by atoms with van der Waals surface area (Å²) < 4.78 is 23.3. The highest BCUT2D eigenvalue weighted by Gasteiger charge is 2.12. The van der Waals surface area contributed by atoms with Crippen LogP contribution in [0.3, 0.4) is 0 Å². The molecule has 144 valence electrons. The molecule has 1 N–H and O–H groups in total. The lowest BCUT2D eigenvalue weighted by atomic mass is 10.1. The van der Waals surface area contributed by atoms with E-state index in [1.165, 1.54) is 50.0 Å². The highest BCUT2D eigenvalue weighted by Crippen LogP contribution is 2.14. The van der Waals surface area contributed by atoms with Gasteiger partial charge in [-0.2, -0.15) is 0 Å². The van der Waals surface area contributed by atoms with Gasteiger partial charge < -0.3 is 5.32 Å². The molecule has 1 aliphatic rings. The Balaban J connectivity index is 1.56. The summed E-state index contributed by atoms with van der Waals surface area (Å²) in [4.78, 5) is 14.9. The average molecular weight is 387 g/mol. The number of piperidine rings is 1. The van der Waals surface area contributed by atoms with Crippen molar-refractivity contribution in [3.05, 3.63) is 65.2 Å². The van der Waals surface area contributed by atoms with Gasteiger partial charge in [-0.25, -0.2) is 8.42 Å². The first-order valence-corrected chi connectivity index (χ1v) is 11.2. The molecule has 0 aromatic heterocycles. The molecule has 1 aliphatic heterocycles. The van der Waals surface area contributed by atoms with E-state index in [0.717, 1.165) is 18.4 Å². The van der Waals surface area contributed by atoms with Crippen molar-refractivity contribution in [1.29, 1.82) is 0 Å². The fourth-order valence-electron chi connectivity index (χ4n) is 3.29. The van der Waals surface area contributed by atoms with Gasteiger partial charge in [-0.15, -0.1) is 0 Å². The van der Waals surface area contributed by atoms with Crippen molar-refractivity contribution < 1.29 is 13.2 Å². The molecule has 1 amide bonds. The van der Waals surface area contributed by atoms with E-state index in [4.69, 9.17) is 0 Å². The highest BCUT2D eigenvalue weighted by molar-refractivity contribution is 7.90. The number of amides is 1. The number of hydrogen-bond donors (Lipinski definition) is 1. The Morgan fingerprint density at radius 2 is 1.67 bits per heavy atom. The summed E-state index contributed by atoms with van der Waals surface area (Å²) in [7, 11) is -3.33. The number of carbonyl (C=O) groups is 1. The van der Waals surface area contributed by atoms with E-state index in [0.29, 0.717) is 12.1 Å². The van der Waals surface area contributed by atoms with Crippen molar-refractivity contribution in [2.75, 3.05) is 19.3 Å². The third kappa shape index (κ3) is 5.65. The first-order chi connectivity index (χ1) is 12.9. The zero-order valence-electron chi connectivity index (χ0n) is 15.6. The number of hydrogen-bond acceptors (Lipinski definition) is 4. The summed E-state index contributed by atoms with van der Waals surface area (Å²) in [6, 6.07) is 14.4. The number of sulfone groups is 1. The fourth-order valence-corrected chi connectivity index (χ4v) is 3.96. The molecule has 2 aromatic carbocycles. The number of carbonyl (C=O) groups excluding carboxylic acids is 1. The lowest BCUT2D eigenvalue weighted by Gasteiger charge is -2.26. The Morgan fingerprint density at radius 1 is 1.00 bits per heavy atom. The molecule has 5 nitrogen and oxygen atoms in total. The summed E-state index contributed by atoms with van der Waals surface area (Å²) in [6.45, 7) is 3.73. The molecule has 1 saturated heterocycles. The summed E-state index contributed by atoms with van der Waals surface area (Å²) in [6.07, 6.45) is 5.03. The minimum absolute atomic E-state index is 0.150. The largest absolute Gasteiger partial charge is 0.348 e. The molecular weight excluding hydrogens is 360 g/mol. The van der Waals surface area contributed by atoms with E-state index in [2.05, 4.69) is 22.3 Å². The molecule has 27 heavy (non-hydrogen) atoms. The number of nitrogens with zero attached hydrogens (tertiary/aromatic N) is 1. The van der Waals surface area contributed by atoms with Crippen molar-refractivity contribution in [2.24, 2.45) is 0 Å². The lowest BCUT2D eigenvalue weighted by Crippen LogP contribution is -2.29. The van der Waals surface area contributed by atoms with Crippen LogP contribution in [-0.4, -0.2) is 38.6 Å². The second kappa shape index (κ2) is 8.67. The highest BCUT2D eigenvalue weighted by atomic mass is 32.2. The molecule has 0 atom stereocenters. The predicted octanol–water partition coefficient (Wildman–Crippen LogP) is 3.01. The van der Waals surface area contributed by atoms with Crippen LogP contribution in [0.1, 0.15) is 40.7 Å². The maximum Gasteiger partial charge on any atom is 0.251 e. The maximum atomic E-state index is 12.3. The molecule has 2 aromatic rings. The second-order valence-electron chi connectivity index (χ2n) is 7.14. The van der Waals surface area contributed by atoms with Crippen LogP contribution >= 0.6 is 0 Å². The standard InChI is InChI=1S/C21H26N2O3S/c1-27(25,26)20-7-5-6-19(14-20)21(24)22-15-17-8-10-18(11-9-17)16-23-12-3-2-4-13-23/h5-11,14H,2-4,12-13,15-16H2,1H3,(H,22,24). The van der Waals surface area contributed by atoms with Gasteiger partial charge in [0.15, 0.2) is 9.84 Å². The van der Waals surface area contributed by atoms with Crippen LogP contribution in [0.2, 0.25) is 0 Å². The molecule has 1 heterocycles. The van der Waals surface area contributed by atoms with Crippen LogP contribution in [0.15, 0.2) is 53.4 Å². The summed E-state index contributed by atoms with van der Waals surface area (Å²) >= 11 is 0. The molecule has 0 aliphatic carbocycles. The molecule has 0 bridgehead atoms. The Hall–Kier alpha value is -2.18. The number of rotatable bonds is 6. The van der Waals surface area contributed by atoms with Gasteiger partial charge in [0, 0.05) is 24.9 Å². The van der Waals surface area contributed by atoms with E-state index in [1.54, 1.807) is 12.1 Å². The fraction of sp³-hybridized carbons (Fsp3) is 0.381. The normalized spacial score (nSPS) is 15.4. The van der Waals surface area contributed by atoms with Crippen LogP contribution in [0.25, 0.3) is 0 Å². The monoisotopic (exact) mass is 386 g/mol. The van der Waals surface area contributed by atoms with Crippen molar-refractivity contribution in [2.45, 2.75) is 37.2 Å². The van der Waals surface area contributed by atoms with E-state index in [-0.39, 0.29) is 10.8 Å². The lowest BCUT2D eigenvalue weighted by molar-refractivity contribution is 0.0950. The van der Waals surface area contributed by atoms with Gasteiger partial charge in [-0.05, 0) is 55.3 Å². The van der Waals surface area contributed by atoms with Gasteiger partial charge in [0.05, 0.1) is 4.90 Å². The molecule has 1 fully saturated rings. The zero-order valence-corrected chi connectivity index (χ0v) is 16.5. The zero-order chi connectivity index (χ0) is 19.3. The van der Waals surface area contributed by atoms with Crippen molar-refractivity contribution in [3.8, 4) is 0 Å². The molecule has 3 rings (SSSR count). The number of benzene rings is 2. The summed E-state index contributed by atoms with van der Waals surface area (Å²) in [5.74, 6) is -0.280. The second-order valence-corrected chi connectivity index (χ2v) is 9.15. The van der Waals surface area contributed by atoms with Gasteiger partial charge in [0.1, 0.15) is 0 Å². The molecule has 6 heteroatoms. The Morgan fingerprint density at radius 3 is 2.33 bits per heavy atom. The van der Waals surface area contributed by atoms with Gasteiger partial charge >= 0.3 is 0 Å². The summed E-state index contributed by atoms with van der Waals surface area (Å²) in [5.41, 5.74) is 2.65. The number of nitrogens with one attached hydrogen (secondary N) is 1. The topological polar surface area (TPSA) is 66.5 Å². The van der Waals surface area contributed by atoms with Crippen molar-refractivity contribution in [1.82, 2.24) is 10.2 Å². The Kier molecular flexibility index (Phi) is 6.29. The minimum Gasteiger partial charge on any atom is -0.348 e. The smallest absolute Gasteiger partial charge is 0.251 e. The van der Waals surface area contributed by atoms with Gasteiger partial charge in [0.25, 0.3) is 5.91 Å². The average Bonchev–Trinajstić information content (AvgIpc) is 2.67. The van der Waals surface area contributed by atoms with Gasteiger partial charge in [-0.1, -0.05) is 36.8 Å². The van der Waals surface area contributed by atoms with Crippen LogP contribution in [-0.2, 0) is 22.9 Å². The van der Waals surface area contributed by atoms with E-state index in [1.807, 2.05) is 12.1 Å². The van der Waals surface area contributed by atoms with Gasteiger partial charge in [0.2, 0.25) is 0 Å². The van der Waals surface area contributed by atoms with Crippen molar-refractivity contribution >= 4 is 15.7 Å². The van der Waals surface area contributed by atoms with Crippen LogP contribution in [0, 0.1) is 0 Å². The first kappa shape index (κ1) is 19.6. The quantitative estimate of drug-likeness (QED) is 0.829. The molecule has 0 spiro atoms. The third-order valence-electron chi connectivity index (χ3n) is 4.86. The molecular formula is C21H26N2O3S.